The van der Waals surface area contributed by atoms with Gasteiger partial charge in [-0.25, -0.2) is 0 Å². The molecule has 0 amide bonds. The lowest BCUT2D eigenvalue weighted by atomic mass is 9.81. The fourth-order valence-electron chi connectivity index (χ4n) is 1.68. The number of nitrogens with two attached hydrogens (primary N) is 1. The molecular formula is C13H20ClN. The van der Waals surface area contributed by atoms with Gasteiger partial charge in [0.05, 0.1) is 0 Å². The molecule has 1 aromatic carbocycles. The minimum Gasteiger partial charge on any atom is -0.325 e. The van der Waals surface area contributed by atoms with E-state index < -0.39 is 0 Å². The van der Waals surface area contributed by atoms with E-state index >= 15 is 0 Å². The molecule has 0 spiro atoms. The van der Waals surface area contributed by atoms with Crippen molar-refractivity contribution in [1.82, 2.24) is 0 Å². The summed E-state index contributed by atoms with van der Waals surface area (Å²) in [6.45, 7) is 6.50. The van der Waals surface area contributed by atoms with Gasteiger partial charge < -0.3 is 5.73 Å². The van der Waals surface area contributed by atoms with Crippen LogP contribution in [0, 0.1) is 5.92 Å². The van der Waals surface area contributed by atoms with Gasteiger partial charge in [0.2, 0.25) is 0 Å². The van der Waals surface area contributed by atoms with Crippen LogP contribution < -0.4 is 5.73 Å². The third-order valence-corrected chi connectivity index (χ3v) is 3.49. The van der Waals surface area contributed by atoms with Crippen molar-refractivity contribution in [1.29, 1.82) is 0 Å². The number of halogens is 1. The van der Waals surface area contributed by atoms with E-state index in [4.69, 9.17) is 17.3 Å². The molecule has 0 aliphatic heterocycles. The molecule has 0 fully saturated rings. The summed E-state index contributed by atoms with van der Waals surface area (Å²) in [4.78, 5) is 0. The fourth-order valence-corrected chi connectivity index (χ4v) is 1.81. The highest BCUT2D eigenvalue weighted by molar-refractivity contribution is 6.30. The van der Waals surface area contributed by atoms with Crippen molar-refractivity contribution in [3.63, 3.8) is 0 Å². The smallest absolute Gasteiger partial charge is 0.0406 e. The summed E-state index contributed by atoms with van der Waals surface area (Å²) in [5, 5.41) is 0.779. The van der Waals surface area contributed by atoms with Gasteiger partial charge in [0.1, 0.15) is 0 Å². The quantitative estimate of drug-likeness (QED) is 0.832. The molecule has 0 heterocycles. The molecule has 0 aliphatic rings. The molecule has 2 heteroatoms. The van der Waals surface area contributed by atoms with E-state index in [1.165, 1.54) is 5.56 Å². The van der Waals surface area contributed by atoms with Gasteiger partial charge >= 0.3 is 0 Å². The summed E-state index contributed by atoms with van der Waals surface area (Å²) in [6.07, 6.45) is 2.01. The van der Waals surface area contributed by atoms with Crippen LogP contribution in [0.25, 0.3) is 0 Å². The van der Waals surface area contributed by atoms with Crippen LogP contribution in [0.5, 0.6) is 0 Å². The highest BCUT2D eigenvalue weighted by atomic mass is 35.5. The van der Waals surface area contributed by atoms with Crippen LogP contribution in [0.1, 0.15) is 32.8 Å². The summed E-state index contributed by atoms with van der Waals surface area (Å²) in [6, 6.07) is 7.94. The maximum atomic E-state index is 6.31. The number of rotatable bonds is 4. The van der Waals surface area contributed by atoms with Crippen molar-refractivity contribution in [2.75, 3.05) is 0 Å². The highest BCUT2D eigenvalue weighted by Gasteiger charge is 2.25. The Morgan fingerprint density at radius 1 is 1.33 bits per heavy atom. The third kappa shape index (κ3) is 3.51. The summed E-state index contributed by atoms with van der Waals surface area (Å²) >= 11 is 5.84. The normalized spacial score (nSPS) is 17.1. The van der Waals surface area contributed by atoms with Crippen molar-refractivity contribution >= 4 is 11.6 Å². The van der Waals surface area contributed by atoms with Gasteiger partial charge in [-0.1, -0.05) is 44.0 Å². The number of benzene rings is 1. The second-order valence-corrected chi connectivity index (χ2v) is 5.05. The first-order valence-corrected chi connectivity index (χ1v) is 5.87. The number of hydrogen-bond donors (Lipinski definition) is 1. The average molecular weight is 226 g/mol. The Morgan fingerprint density at radius 3 is 2.33 bits per heavy atom. The molecule has 0 aliphatic carbocycles. The van der Waals surface area contributed by atoms with Crippen LogP contribution in [-0.4, -0.2) is 5.54 Å². The topological polar surface area (TPSA) is 26.0 Å². The Kier molecular flexibility index (Phi) is 4.18. The van der Waals surface area contributed by atoms with Crippen molar-refractivity contribution in [2.45, 2.75) is 39.2 Å². The van der Waals surface area contributed by atoms with Gasteiger partial charge in [0, 0.05) is 10.6 Å². The minimum absolute atomic E-state index is 0.136. The predicted octanol–water partition coefficient (Wildman–Crippen LogP) is 3.65. The van der Waals surface area contributed by atoms with E-state index in [0.717, 1.165) is 17.9 Å². The van der Waals surface area contributed by atoms with Crippen LogP contribution in [0.4, 0.5) is 0 Å². The Balaban J connectivity index is 2.72. The molecule has 0 aromatic heterocycles. The zero-order valence-corrected chi connectivity index (χ0v) is 10.5. The average Bonchev–Trinajstić information content (AvgIpc) is 2.20. The molecule has 84 valence electrons. The van der Waals surface area contributed by atoms with Crippen molar-refractivity contribution in [3.8, 4) is 0 Å². The summed E-state index contributed by atoms with van der Waals surface area (Å²) < 4.78 is 0. The van der Waals surface area contributed by atoms with Crippen LogP contribution >= 0.6 is 11.6 Å². The first kappa shape index (κ1) is 12.5. The second-order valence-electron chi connectivity index (χ2n) is 4.62. The number of hydrogen-bond acceptors (Lipinski definition) is 1. The molecular weight excluding hydrogens is 206 g/mol. The second kappa shape index (κ2) is 5.00. The van der Waals surface area contributed by atoms with Gasteiger partial charge in [0.25, 0.3) is 0 Å². The van der Waals surface area contributed by atoms with E-state index in [1.807, 2.05) is 12.1 Å². The van der Waals surface area contributed by atoms with Crippen LogP contribution in [0.2, 0.25) is 5.02 Å². The molecule has 0 saturated heterocycles. The zero-order chi connectivity index (χ0) is 11.5. The van der Waals surface area contributed by atoms with Gasteiger partial charge in [-0.2, -0.15) is 0 Å². The molecule has 2 atom stereocenters. The molecule has 0 radical (unpaired) electrons. The van der Waals surface area contributed by atoms with Crippen LogP contribution in [-0.2, 0) is 6.42 Å². The van der Waals surface area contributed by atoms with E-state index in [0.29, 0.717) is 5.92 Å². The predicted molar refractivity (Wildman–Crippen MR) is 67.2 cm³/mol. The monoisotopic (exact) mass is 225 g/mol. The van der Waals surface area contributed by atoms with Crippen molar-refractivity contribution in [2.24, 2.45) is 11.7 Å². The van der Waals surface area contributed by atoms with Crippen molar-refractivity contribution < 1.29 is 0 Å². The molecule has 0 bridgehead atoms. The van der Waals surface area contributed by atoms with E-state index in [9.17, 15) is 0 Å². The standard InChI is InChI=1S/C13H20ClN/c1-4-10(2)13(3,15)9-11-5-7-12(14)8-6-11/h5-8,10H,4,9,15H2,1-3H3. The Bertz CT molecular complexity index is 303. The van der Waals surface area contributed by atoms with Crippen molar-refractivity contribution in [3.05, 3.63) is 34.9 Å². The van der Waals surface area contributed by atoms with Crippen LogP contribution in [0.3, 0.4) is 0 Å². The molecule has 1 aromatic rings. The maximum Gasteiger partial charge on any atom is 0.0406 e. The maximum absolute atomic E-state index is 6.31. The van der Waals surface area contributed by atoms with Gasteiger partial charge in [0.15, 0.2) is 0 Å². The first-order valence-electron chi connectivity index (χ1n) is 5.49. The van der Waals surface area contributed by atoms with E-state index in [-0.39, 0.29) is 5.54 Å². The molecule has 15 heavy (non-hydrogen) atoms. The third-order valence-electron chi connectivity index (χ3n) is 3.24. The van der Waals surface area contributed by atoms with Gasteiger partial charge in [-0.15, -0.1) is 0 Å². The van der Waals surface area contributed by atoms with E-state index in [1.54, 1.807) is 0 Å². The first-order chi connectivity index (χ1) is 6.95. The Morgan fingerprint density at radius 2 is 1.87 bits per heavy atom. The largest absolute Gasteiger partial charge is 0.325 e. The molecule has 0 saturated carbocycles. The van der Waals surface area contributed by atoms with E-state index in [2.05, 4.69) is 32.9 Å². The fraction of sp³-hybridized carbons (Fsp3) is 0.538. The van der Waals surface area contributed by atoms with Gasteiger partial charge in [-0.05, 0) is 37.0 Å². The Labute approximate surface area is 97.6 Å². The molecule has 1 rings (SSSR count). The van der Waals surface area contributed by atoms with Gasteiger partial charge in [-0.3, -0.25) is 0 Å². The lowest BCUT2D eigenvalue weighted by Gasteiger charge is -2.31. The SMILES string of the molecule is CCC(C)C(C)(N)Cc1ccc(Cl)cc1. The zero-order valence-electron chi connectivity index (χ0n) is 9.76. The lowest BCUT2D eigenvalue weighted by Crippen LogP contribution is -2.44. The molecule has 2 N–H and O–H groups in total. The molecule has 1 nitrogen and oxygen atoms in total. The lowest BCUT2D eigenvalue weighted by molar-refractivity contribution is 0.306. The summed E-state index contributed by atoms with van der Waals surface area (Å²) in [7, 11) is 0. The highest BCUT2D eigenvalue weighted by Crippen LogP contribution is 2.22. The summed E-state index contributed by atoms with van der Waals surface area (Å²) in [5.74, 6) is 0.521. The summed E-state index contributed by atoms with van der Waals surface area (Å²) in [5.41, 5.74) is 7.43. The van der Waals surface area contributed by atoms with Crippen LogP contribution in [0.15, 0.2) is 24.3 Å². The minimum atomic E-state index is -0.136. The Hall–Kier alpha value is -0.530. The molecule has 2 unspecified atom stereocenters.